The molecule has 2 aromatic rings. The Balaban J connectivity index is 1.91. The molecule has 0 saturated carbocycles. The first-order chi connectivity index (χ1) is 5.95. The van der Waals surface area contributed by atoms with Gasteiger partial charge in [0.05, 0.1) is 6.20 Å². The summed E-state index contributed by atoms with van der Waals surface area (Å²) in [5.74, 6) is 0. The van der Waals surface area contributed by atoms with Gasteiger partial charge in [-0.25, -0.2) is 4.98 Å². The van der Waals surface area contributed by atoms with Gasteiger partial charge in [0.1, 0.15) is 6.61 Å². The molecule has 0 spiro atoms. The number of imidazole rings is 1. The van der Waals surface area contributed by atoms with Gasteiger partial charge in [-0.05, 0) is 11.4 Å². The molecule has 2 rings (SSSR count). The van der Waals surface area contributed by atoms with Crippen LogP contribution in [0.25, 0.3) is 0 Å². The van der Waals surface area contributed by atoms with Crippen LogP contribution in [-0.2, 0) is 6.61 Å². The Morgan fingerprint density at radius 3 is 3.33 bits per heavy atom. The summed E-state index contributed by atoms with van der Waals surface area (Å²) in [7, 11) is 0. The zero-order valence-electron chi connectivity index (χ0n) is 6.30. The van der Waals surface area contributed by atoms with Crippen molar-refractivity contribution in [2.75, 3.05) is 0 Å². The van der Waals surface area contributed by atoms with Crippen LogP contribution in [0.3, 0.4) is 0 Å². The second-order valence-corrected chi connectivity index (χ2v) is 3.24. The lowest BCUT2D eigenvalue weighted by atomic mass is 10.5. The van der Waals surface area contributed by atoms with E-state index in [4.69, 9.17) is 4.84 Å². The van der Waals surface area contributed by atoms with Gasteiger partial charge >= 0.3 is 0 Å². The van der Waals surface area contributed by atoms with Gasteiger partial charge in [0.2, 0.25) is 6.33 Å². The Labute approximate surface area is 74.2 Å². The minimum atomic E-state index is 0.574. The van der Waals surface area contributed by atoms with Crippen LogP contribution < -0.4 is 4.84 Å². The van der Waals surface area contributed by atoms with Crippen molar-refractivity contribution in [2.24, 2.45) is 0 Å². The van der Waals surface area contributed by atoms with Crippen LogP contribution in [0.1, 0.15) is 4.88 Å². The summed E-state index contributed by atoms with van der Waals surface area (Å²) in [4.78, 5) is 10.2. The number of thiophene rings is 1. The highest BCUT2D eigenvalue weighted by molar-refractivity contribution is 7.09. The maximum absolute atomic E-state index is 5.30. The standard InChI is InChI=1S/C8H7N2OS/c1-2-8(12-5-1)6-11-10-4-3-9-7-10/h1-5H,6H2. The van der Waals surface area contributed by atoms with Crippen molar-refractivity contribution in [3.05, 3.63) is 41.1 Å². The van der Waals surface area contributed by atoms with E-state index in [1.807, 2.05) is 17.5 Å². The highest BCUT2D eigenvalue weighted by Crippen LogP contribution is 2.07. The van der Waals surface area contributed by atoms with Crippen molar-refractivity contribution in [3.8, 4) is 0 Å². The molecule has 0 aromatic carbocycles. The summed E-state index contributed by atoms with van der Waals surface area (Å²) in [6.45, 7) is 0.574. The lowest BCUT2D eigenvalue weighted by molar-refractivity contribution is 0.0970. The molecule has 0 bridgehead atoms. The Kier molecular flexibility index (Phi) is 2.09. The predicted octanol–water partition coefficient (Wildman–Crippen LogP) is 1.37. The second-order valence-electron chi connectivity index (χ2n) is 2.21. The van der Waals surface area contributed by atoms with Crippen molar-refractivity contribution >= 4 is 11.3 Å². The van der Waals surface area contributed by atoms with Crippen LogP contribution in [0.15, 0.2) is 29.9 Å². The van der Waals surface area contributed by atoms with E-state index in [1.165, 1.54) is 9.61 Å². The highest BCUT2D eigenvalue weighted by Gasteiger charge is 1.94. The van der Waals surface area contributed by atoms with Gasteiger partial charge in [0, 0.05) is 11.1 Å². The molecule has 0 atom stereocenters. The molecule has 0 N–H and O–H groups in total. The molecule has 12 heavy (non-hydrogen) atoms. The second kappa shape index (κ2) is 3.40. The molecule has 0 amide bonds. The maximum Gasteiger partial charge on any atom is 0.214 e. The summed E-state index contributed by atoms with van der Waals surface area (Å²) in [5.41, 5.74) is 0. The molecule has 3 nitrogen and oxygen atoms in total. The number of hydrogen-bond acceptors (Lipinski definition) is 3. The van der Waals surface area contributed by atoms with Crippen LogP contribution >= 0.6 is 11.3 Å². The average Bonchev–Trinajstić information content (AvgIpc) is 2.74. The molecule has 1 radical (unpaired) electrons. The molecule has 0 aliphatic carbocycles. The molecule has 2 heterocycles. The largest absolute Gasteiger partial charge is 0.407 e. The van der Waals surface area contributed by atoms with E-state index in [-0.39, 0.29) is 0 Å². The van der Waals surface area contributed by atoms with Crippen molar-refractivity contribution in [1.29, 1.82) is 0 Å². The highest BCUT2D eigenvalue weighted by atomic mass is 32.1. The fourth-order valence-corrected chi connectivity index (χ4v) is 1.43. The van der Waals surface area contributed by atoms with E-state index in [0.717, 1.165) is 0 Å². The van der Waals surface area contributed by atoms with Gasteiger partial charge in [-0.3, -0.25) is 0 Å². The molecule has 4 heteroatoms. The van der Waals surface area contributed by atoms with Gasteiger partial charge in [0.15, 0.2) is 0 Å². The molecule has 0 fully saturated rings. The Morgan fingerprint density at radius 1 is 1.67 bits per heavy atom. The van der Waals surface area contributed by atoms with Crippen molar-refractivity contribution in [3.63, 3.8) is 0 Å². The van der Waals surface area contributed by atoms with E-state index >= 15 is 0 Å². The van der Waals surface area contributed by atoms with Gasteiger partial charge < -0.3 is 4.84 Å². The van der Waals surface area contributed by atoms with Crippen LogP contribution in [-0.4, -0.2) is 9.71 Å². The fraction of sp³-hybridized carbons (Fsp3) is 0.125. The van der Waals surface area contributed by atoms with Crippen LogP contribution in [0.4, 0.5) is 0 Å². The summed E-state index contributed by atoms with van der Waals surface area (Å²) in [6, 6.07) is 4.03. The quantitative estimate of drug-likeness (QED) is 0.711. The first-order valence-electron chi connectivity index (χ1n) is 3.52. The molecular formula is C8H7N2OS. The van der Waals surface area contributed by atoms with Crippen molar-refractivity contribution in [2.45, 2.75) is 6.61 Å². The third-order valence-electron chi connectivity index (χ3n) is 1.36. The summed E-state index contributed by atoms with van der Waals surface area (Å²) in [6.07, 6.45) is 6.00. The molecule has 0 aliphatic rings. The minimum absolute atomic E-state index is 0.574. The lowest BCUT2D eigenvalue weighted by Gasteiger charge is -2.01. The molecular weight excluding hydrogens is 172 g/mol. The van der Waals surface area contributed by atoms with Gasteiger partial charge in [-0.2, -0.15) is 4.73 Å². The summed E-state index contributed by atoms with van der Waals surface area (Å²) >= 11 is 1.67. The minimum Gasteiger partial charge on any atom is -0.407 e. The fourth-order valence-electron chi connectivity index (χ4n) is 0.817. The molecule has 2 aromatic heterocycles. The van der Waals surface area contributed by atoms with Crippen molar-refractivity contribution in [1.82, 2.24) is 9.71 Å². The Bertz CT molecular complexity index is 280. The van der Waals surface area contributed by atoms with Gasteiger partial charge in [-0.15, -0.1) is 11.3 Å². The topological polar surface area (TPSA) is 27.1 Å². The lowest BCUT2D eigenvalue weighted by Crippen LogP contribution is -2.07. The number of aromatic nitrogens is 2. The normalized spacial score (nSPS) is 10.0. The smallest absolute Gasteiger partial charge is 0.214 e. The van der Waals surface area contributed by atoms with E-state index < -0.39 is 0 Å². The van der Waals surface area contributed by atoms with E-state index in [1.54, 1.807) is 23.7 Å². The van der Waals surface area contributed by atoms with Crippen LogP contribution in [0.2, 0.25) is 0 Å². The third-order valence-corrected chi connectivity index (χ3v) is 2.21. The number of rotatable bonds is 3. The Morgan fingerprint density at radius 2 is 2.67 bits per heavy atom. The number of hydrogen-bond donors (Lipinski definition) is 0. The van der Waals surface area contributed by atoms with Gasteiger partial charge in [0.25, 0.3) is 0 Å². The predicted molar refractivity (Wildman–Crippen MR) is 45.7 cm³/mol. The first kappa shape index (κ1) is 7.36. The maximum atomic E-state index is 5.30. The third kappa shape index (κ3) is 1.65. The molecule has 0 saturated heterocycles. The summed E-state index contributed by atoms with van der Waals surface area (Å²) in [5, 5.41) is 2.02. The summed E-state index contributed by atoms with van der Waals surface area (Å²) < 4.78 is 1.47. The zero-order chi connectivity index (χ0) is 8.23. The zero-order valence-corrected chi connectivity index (χ0v) is 7.12. The van der Waals surface area contributed by atoms with E-state index in [9.17, 15) is 0 Å². The average molecular weight is 179 g/mol. The van der Waals surface area contributed by atoms with Gasteiger partial charge in [-0.1, -0.05) is 6.07 Å². The SMILES string of the molecule is [c]1nccn1OCc1cccs1. The first-order valence-corrected chi connectivity index (χ1v) is 4.40. The van der Waals surface area contributed by atoms with Crippen LogP contribution in [0, 0.1) is 6.33 Å². The number of nitrogens with zero attached hydrogens (tertiary/aromatic N) is 2. The van der Waals surface area contributed by atoms with E-state index in [0.29, 0.717) is 6.61 Å². The Hall–Kier alpha value is -1.29. The van der Waals surface area contributed by atoms with Crippen molar-refractivity contribution < 1.29 is 4.84 Å². The monoisotopic (exact) mass is 179 g/mol. The molecule has 0 unspecified atom stereocenters. The van der Waals surface area contributed by atoms with E-state index in [2.05, 4.69) is 11.3 Å². The molecule has 0 aliphatic heterocycles. The molecule has 61 valence electrons. The van der Waals surface area contributed by atoms with Crippen LogP contribution in [0.5, 0.6) is 0 Å².